The van der Waals surface area contributed by atoms with Gasteiger partial charge in [-0.25, -0.2) is 9.18 Å². The molecule has 1 saturated carbocycles. The summed E-state index contributed by atoms with van der Waals surface area (Å²) in [6.07, 6.45) is 2.13. The molecule has 2 aromatic carbocycles. The fourth-order valence-electron chi connectivity index (χ4n) is 4.60. The van der Waals surface area contributed by atoms with Crippen molar-refractivity contribution in [2.75, 3.05) is 13.2 Å². The lowest BCUT2D eigenvalue weighted by Gasteiger charge is -2.33. The molecule has 7 nitrogen and oxygen atoms in total. The van der Waals surface area contributed by atoms with Crippen LogP contribution in [0.5, 0.6) is 5.75 Å². The van der Waals surface area contributed by atoms with Gasteiger partial charge in [-0.2, -0.15) is 0 Å². The van der Waals surface area contributed by atoms with E-state index in [4.69, 9.17) is 37.1 Å². The van der Waals surface area contributed by atoms with Gasteiger partial charge in [0.2, 0.25) is 0 Å². The smallest absolute Gasteiger partial charge is 0.410 e. The van der Waals surface area contributed by atoms with Crippen molar-refractivity contribution in [1.82, 2.24) is 10.2 Å². The summed E-state index contributed by atoms with van der Waals surface area (Å²) < 4.78 is 30.2. The highest BCUT2D eigenvalue weighted by molar-refractivity contribution is 6.31. The maximum Gasteiger partial charge on any atom is 0.410 e. The average Bonchev–Trinajstić information content (AvgIpc) is 3.43. The second kappa shape index (κ2) is 9.95. The molecule has 1 aliphatic carbocycles. The Morgan fingerprint density at radius 3 is 2.69 bits per heavy atom. The molecule has 2 aliphatic rings. The van der Waals surface area contributed by atoms with Crippen LogP contribution in [0.1, 0.15) is 36.2 Å². The summed E-state index contributed by atoms with van der Waals surface area (Å²) in [4.78, 5) is 26.8. The van der Waals surface area contributed by atoms with E-state index >= 15 is 0 Å². The summed E-state index contributed by atoms with van der Waals surface area (Å²) in [6.45, 7) is 0.523. The maximum atomic E-state index is 13.6. The first-order valence-corrected chi connectivity index (χ1v) is 12.2. The molecule has 2 amide bonds. The SMILES string of the molecule is O=C(NC1CCC(N2CC(COc3ccc(Cl)c(F)c3)OC2=O)CC1)c1cc2cc(Cl)ccc2o1. The van der Waals surface area contributed by atoms with Crippen LogP contribution in [0.4, 0.5) is 9.18 Å². The number of rotatable bonds is 6. The molecule has 1 unspecified atom stereocenters. The largest absolute Gasteiger partial charge is 0.490 e. The van der Waals surface area contributed by atoms with Crippen LogP contribution in [0.3, 0.4) is 0 Å². The molecule has 10 heteroatoms. The highest BCUT2D eigenvalue weighted by atomic mass is 35.5. The van der Waals surface area contributed by atoms with E-state index in [9.17, 15) is 14.0 Å². The Morgan fingerprint density at radius 2 is 1.91 bits per heavy atom. The normalized spacial score (nSPS) is 22.3. The molecule has 35 heavy (non-hydrogen) atoms. The summed E-state index contributed by atoms with van der Waals surface area (Å²) in [7, 11) is 0. The lowest BCUT2D eigenvalue weighted by Crippen LogP contribution is -2.44. The van der Waals surface area contributed by atoms with Crippen molar-refractivity contribution in [1.29, 1.82) is 0 Å². The number of hydrogen-bond acceptors (Lipinski definition) is 5. The molecule has 1 N–H and O–H groups in total. The minimum Gasteiger partial charge on any atom is -0.490 e. The minimum atomic E-state index is -0.567. The van der Waals surface area contributed by atoms with Crippen molar-refractivity contribution in [2.45, 2.75) is 43.9 Å². The number of nitrogens with zero attached hydrogens (tertiary/aromatic N) is 1. The Morgan fingerprint density at radius 1 is 1.11 bits per heavy atom. The van der Waals surface area contributed by atoms with E-state index in [2.05, 4.69) is 5.32 Å². The number of amides is 2. The van der Waals surface area contributed by atoms with Gasteiger partial charge in [0.1, 0.15) is 23.8 Å². The van der Waals surface area contributed by atoms with Gasteiger partial charge < -0.3 is 24.1 Å². The quantitative estimate of drug-likeness (QED) is 0.442. The zero-order valence-corrected chi connectivity index (χ0v) is 20.2. The molecule has 0 spiro atoms. The van der Waals surface area contributed by atoms with Gasteiger partial charge in [0.15, 0.2) is 11.9 Å². The molecule has 0 bridgehead atoms. The van der Waals surface area contributed by atoms with Crippen molar-refractivity contribution in [3.63, 3.8) is 0 Å². The number of ether oxygens (including phenoxy) is 2. The van der Waals surface area contributed by atoms with Gasteiger partial charge in [0.05, 0.1) is 11.6 Å². The lowest BCUT2D eigenvalue weighted by atomic mass is 9.90. The molecule has 1 aromatic heterocycles. The van der Waals surface area contributed by atoms with Crippen LogP contribution in [-0.4, -0.2) is 48.2 Å². The summed E-state index contributed by atoms with van der Waals surface area (Å²) in [5.41, 5.74) is 0.607. The number of fused-ring (bicyclic) bond motifs is 1. The van der Waals surface area contributed by atoms with Gasteiger partial charge >= 0.3 is 6.09 Å². The molecule has 2 heterocycles. The van der Waals surface area contributed by atoms with Gasteiger partial charge in [-0.1, -0.05) is 23.2 Å². The van der Waals surface area contributed by atoms with Crippen LogP contribution in [-0.2, 0) is 4.74 Å². The average molecular weight is 521 g/mol. The second-order valence-corrected chi connectivity index (χ2v) is 9.66. The zero-order valence-electron chi connectivity index (χ0n) is 18.6. The van der Waals surface area contributed by atoms with Gasteiger partial charge in [-0.3, -0.25) is 4.79 Å². The minimum absolute atomic E-state index is 0.00638. The van der Waals surface area contributed by atoms with E-state index in [0.29, 0.717) is 22.9 Å². The Labute approximate surface area is 211 Å². The highest BCUT2D eigenvalue weighted by Crippen LogP contribution is 2.29. The number of benzene rings is 2. The van der Waals surface area contributed by atoms with E-state index in [-0.39, 0.29) is 41.5 Å². The number of furan rings is 1. The van der Waals surface area contributed by atoms with Crippen molar-refractivity contribution in [3.8, 4) is 5.75 Å². The maximum absolute atomic E-state index is 13.6. The third-order valence-corrected chi connectivity index (χ3v) is 6.95. The third-order valence-electron chi connectivity index (χ3n) is 6.40. The highest BCUT2D eigenvalue weighted by Gasteiger charge is 2.38. The van der Waals surface area contributed by atoms with E-state index in [0.717, 1.165) is 31.1 Å². The van der Waals surface area contributed by atoms with Crippen molar-refractivity contribution >= 4 is 46.2 Å². The summed E-state index contributed by atoms with van der Waals surface area (Å²) >= 11 is 11.7. The molecular weight excluding hydrogens is 498 g/mol. The number of cyclic esters (lactones) is 1. The standard InChI is InChI=1S/C25H23Cl2FN2O5/c26-15-1-8-22-14(9-15)10-23(35-22)24(31)29-16-2-4-17(5-3-16)30-12-19(34-25(30)32)13-33-18-6-7-20(27)21(28)11-18/h1,6-11,16-17,19H,2-5,12-13H2,(H,29,31). The van der Waals surface area contributed by atoms with Crippen LogP contribution in [0.15, 0.2) is 46.9 Å². The van der Waals surface area contributed by atoms with E-state index < -0.39 is 11.9 Å². The van der Waals surface area contributed by atoms with Crippen LogP contribution in [0.25, 0.3) is 11.0 Å². The molecule has 1 saturated heterocycles. The predicted octanol–water partition coefficient (Wildman–Crippen LogP) is 5.82. The first kappa shape index (κ1) is 23.8. The van der Waals surface area contributed by atoms with E-state index in [1.807, 2.05) is 0 Å². The summed E-state index contributed by atoms with van der Waals surface area (Å²) in [5, 5.41) is 4.40. The van der Waals surface area contributed by atoms with Gasteiger partial charge in [-0.15, -0.1) is 0 Å². The fourth-order valence-corrected chi connectivity index (χ4v) is 4.89. The van der Waals surface area contributed by atoms with Gasteiger partial charge in [-0.05, 0) is 62.1 Å². The molecule has 3 aromatic rings. The molecule has 1 aliphatic heterocycles. The number of carbonyl (C=O) groups is 2. The number of nitrogens with one attached hydrogen (secondary N) is 1. The van der Waals surface area contributed by atoms with Gasteiger partial charge in [0.25, 0.3) is 5.91 Å². The molecule has 0 radical (unpaired) electrons. The van der Waals surface area contributed by atoms with Crippen molar-refractivity contribution < 1.29 is 27.9 Å². The van der Waals surface area contributed by atoms with Crippen LogP contribution >= 0.6 is 23.2 Å². The van der Waals surface area contributed by atoms with Crippen molar-refractivity contribution in [3.05, 3.63) is 64.1 Å². The first-order chi connectivity index (χ1) is 16.9. The predicted molar refractivity (Wildman–Crippen MR) is 129 cm³/mol. The summed E-state index contributed by atoms with van der Waals surface area (Å²) in [6, 6.07) is 11.1. The number of halogens is 3. The topological polar surface area (TPSA) is 81.0 Å². The van der Waals surface area contributed by atoms with Crippen LogP contribution in [0, 0.1) is 5.82 Å². The van der Waals surface area contributed by atoms with Crippen LogP contribution in [0.2, 0.25) is 10.0 Å². The monoisotopic (exact) mass is 520 g/mol. The zero-order chi connectivity index (χ0) is 24.5. The summed E-state index contributed by atoms with van der Waals surface area (Å²) in [5.74, 6) is -0.263. The Hall–Kier alpha value is -2.97. The molecule has 2 fully saturated rings. The van der Waals surface area contributed by atoms with Crippen LogP contribution < -0.4 is 10.1 Å². The number of hydrogen-bond donors (Lipinski definition) is 1. The second-order valence-electron chi connectivity index (χ2n) is 8.82. The van der Waals surface area contributed by atoms with E-state index in [1.165, 1.54) is 12.1 Å². The fraction of sp³-hybridized carbons (Fsp3) is 0.360. The Bertz CT molecular complexity index is 1260. The van der Waals surface area contributed by atoms with E-state index in [1.54, 1.807) is 35.2 Å². The Balaban J connectivity index is 1.10. The first-order valence-electron chi connectivity index (χ1n) is 11.4. The molecule has 184 valence electrons. The van der Waals surface area contributed by atoms with Gasteiger partial charge in [0, 0.05) is 28.6 Å². The number of carbonyl (C=O) groups excluding carboxylic acids is 2. The van der Waals surface area contributed by atoms with Crippen molar-refractivity contribution in [2.24, 2.45) is 0 Å². The lowest BCUT2D eigenvalue weighted by molar-refractivity contribution is 0.0880. The molecule has 1 atom stereocenters. The molecular formula is C25H23Cl2FN2O5. The Kier molecular flexibility index (Phi) is 6.75. The third kappa shape index (κ3) is 5.33. The molecule has 5 rings (SSSR count).